The van der Waals surface area contributed by atoms with E-state index < -0.39 is 11.9 Å². The summed E-state index contributed by atoms with van der Waals surface area (Å²) in [5.74, 6) is 0.959. The fourth-order valence-electron chi connectivity index (χ4n) is 2.62. The van der Waals surface area contributed by atoms with Crippen LogP contribution in [0.2, 0.25) is 0 Å². The lowest BCUT2D eigenvalue weighted by Gasteiger charge is -2.17. The Hall–Kier alpha value is -0.780. The maximum atomic E-state index is 13.4. The molecule has 0 amide bonds. The molecule has 1 saturated carbocycles. The van der Waals surface area contributed by atoms with Crippen LogP contribution in [-0.4, -0.2) is 41.4 Å². The lowest BCUT2D eigenvalue weighted by molar-refractivity contribution is 0.101. The van der Waals surface area contributed by atoms with Crippen LogP contribution in [0.5, 0.6) is 5.75 Å². The van der Waals surface area contributed by atoms with Crippen LogP contribution in [0.15, 0.2) is 24.3 Å². The first-order chi connectivity index (χ1) is 10.2. The second-order valence-electron chi connectivity index (χ2n) is 5.39. The normalized spacial score (nSPS) is 23.2. The average Bonchev–Trinajstić information content (AvgIpc) is 2.92. The summed E-state index contributed by atoms with van der Waals surface area (Å²) < 4.78 is 18.7. The van der Waals surface area contributed by atoms with Crippen molar-refractivity contribution >= 4 is 11.8 Å². The summed E-state index contributed by atoms with van der Waals surface area (Å²) in [5, 5.41) is 14.0. The van der Waals surface area contributed by atoms with Gasteiger partial charge in [0.1, 0.15) is 12.7 Å². The Morgan fingerprint density at radius 3 is 3.00 bits per heavy atom. The highest BCUT2D eigenvalue weighted by molar-refractivity contribution is 7.99. The number of aliphatic hydroxyl groups excluding tert-OH is 1. The van der Waals surface area contributed by atoms with Crippen LogP contribution < -0.4 is 10.1 Å². The number of thioether (sulfide) groups is 1. The Labute approximate surface area is 130 Å². The second-order valence-corrected chi connectivity index (χ2v) is 6.97. The molecular formula is C16H24FNO2S. The molecule has 3 unspecified atom stereocenters. The Kier molecular flexibility index (Phi) is 6.80. The topological polar surface area (TPSA) is 41.5 Å². The van der Waals surface area contributed by atoms with E-state index in [0.717, 1.165) is 11.0 Å². The first-order valence-corrected chi connectivity index (χ1v) is 8.64. The number of ether oxygens (including phenoxy) is 1. The first kappa shape index (κ1) is 16.6. The number of hydrogen-bond acceptors (Lipinski definition) is 4. The van der Waals surface area contributed by atoms with Crippen LogP contribution in [0, 0.1) is 5.82 Å². The minimum atomic E-state index is -0.623. The third kappa shape index (κ3) is 5.49. The summed E-state index contributed by atoms with van der Waals surface area (Å²) in [5.41, 5.74) is 0. The third-order valence-corrected chi connectivity index (χ3v) is 4.93. The summed E-state index contributed by atoms with van der Waals surface area (Å²) in [6, 6.07) is 6.73. The molecule has 0 aliphatic heterocycles. The summed E-state index contributed by atoms with van der Waals surface area (Å²) in [6.07, 6.45) is 2.96. The number of para-hydroxylation sites is 1. The lowest BCUT2D eigenvalue weighted by atomic mass is 10.2. The van der Waals surface area contributed by atoms with E-state index in [9.17, 15) is 9.50 Å². The van der Waals surface area contributed by atoms with Crippen LogP contribution >= 0.6 is 11.8 Å². The van der Waals surface area contributed by atoms with Gasteiger partial charge < -0.3 is 15.2 Å². The van der Waals surface area contributed by atoms with E-state index in [1.165, 1.54) is 25.3 Å². The maximum absolute atomic E-state index is 13.4. The number of aliphatic hydroxyl groups is 1. The molecule has 21 heavy (non-hydrogen) atoms. The molecule has 3 nitrogen and oxygen atoms in total. The molecule has 5 heteroatoms. The lowest BCUT2D eigenvalue weighted by Crippen LogP contribution is -2.37. The minimum absolute atomic E-state index is 0.105. The standard InChI is InChI=1S/C16H24FNO2S/c1-2-21-14-8-7-12(9-14)18-10-13(19)11-20-16-6-4-3-5-15(16)17/h3-6,12-14,18-19H,2,7-11H2,1H3. The monoisotopic (exact) mass is 313 g/mol. The van der Waals surface area contributed by atoms with E-state index in [1.807, 2.05) is 11.8 Å². The quantitative estimate of drug-likeness (QED) is 0.774. The van der Waals surface area contributed by atoms with E-state index in [4.69, 9.17) is 4.74 Å². The van der Waals surface area contributed by atoms with Crippen LogP contribution in [0.1, 0.15) is 26.2 Å². The van der Waals surface area contributed by atoms with Crippen molar-refractivity contribution in [3.63, 3.8) is 0 Å². The highest BCUT2D eigenvalue weighted by Gasteiger charge is 2.24. The van der Waals surface area contributed by atoms with Crippen LogP contribution in [0.3, 0.4) is 0 Å². The summed E-state index contributed by atoms with van der Waals surface area (Å²) >= 11 is 2.02. The molecule has 1 aliphatic carbocycles. The number of rotatable bonds is 8. The van der Waals surface area contributed by atoms with E-state index in [1.54, 1.807) is 18.2 Å². The van der Waals surface area contributed by atoms with Crippen molar-refractivity contribution in [2.45, 2.75) is 43.6 Å². The van der Waals surface area contributed by atoms with Gasteiger partial charge in [-0.3, -0.25) is 0 Å². The van der Waals surface area contributed by atoms with Gasteiger partial charge in [-0.05, 0) is 37.1 Å². The largest absolute Gasteiger partial charge is 0.488 e. The summed E-state index contributed by atoms with van der Waals surface area (Å²) in [7, 11) is 0. The van der Waals surface area contributed by atoms with Crippen LogP contribution in [0.4, 0.5) is 4.39 Å². The molecule has 3 atom stereocenters. The SMILES string of the molecule is CCSC1CCC(NCC(O)COc2ccccc2F)C1. The van der Waals surface area contributed by atoms with Gasteiger partial charge in [0.05, 0.1) is 0 Å². The number of hydrogen-bond donors (Lipinski definition) is 2. The van der Waals surface area contributed by atoms with Crippen molar-refractivity contribution in [1.29, 1.82) is 0 Å². The Morgan fingerprint density at radius 2 is 2.24 bits per heavy atom. The summed E-state index contributed by atoms with van der Waals surface area (Å²) in [4.78, 5) is 0. The first-order valence-electron chi connectivity index (χ1n) is 7.59. The van der Waals surface area contributed by atoms with Crippen molar-refractivity contribution in [2.75, 3.05) is 18.9 Å². The van der Waals surface area contributed by atoms with E-state index in [0.29, 0.717) is 12.6 Å². The number of halogens is 1. The molecule has 2 rings (SSSR count). The highest BCUT2D eigenvalue weighted by Crippen LogP contribution is 2.29. The molecule has 0 heterocycles. The molecule has 0 spiro atoms. The third-order valence-electron chi connectivity index (χ3n) is 3.70. The zero-order chi connectivity index (χ0) is 15.1. The zero-order valence-corrected chi connectivity index (χ0v) is 13.2. The second kappa shape index (κ2) is 8.61. The molecule has 1 aliphatic rings. The molecule has 0 bridgehead atoms. The van der Waals surface area contributed by atoms with Crippen LogP contribution in [-0.2, 0) is 0 Å². The smallest absolute Gasteiger partial charge is 0.165 e. The van der Waals surface area contributed by atoms with Crippen molar-refractivity contribution in [2.24, 2.45) is 0 Å². The summed E-state index contributed by atoms with van der Waals surface area (Å²) in [6.45, 7) is 2.78. The fraction of sp³-hybridized carbons (Fsp3) is 0.625. The van der Waals surface area contributed by atoms with Gasteiger partial charge in [-0.1, -0.05) is 19.1 Å². The number of benzene rings is 1. The Balaban J connectivity index is 1.64. The van der Waals surface area contributed by atoms with Gasteiger partial charge in [-0.2, -0.15) is 11.8 Å². The predicted molar refractivity (Wildman–Crippen MR) is 85.5 cm³/mol. The number of nitrogens with one attached hydrogen (secondary N) is 1. The maximum Gasteiger partial charge on any atom is 0.165 e. The molecule has 2 N–H and O–H groups in total. The van der Waals surface area contributed by atoms with Crippen molar-refractivity contribution in [1.82, 2.24) is 5.32 Å². The van der Waals surface area contributed by atoms with Gasteiger partial charge in [0.25, 0.3) is 0 Å². The van der Waals surface area contributed by atoms with Gasteiger partial charge in [0.15, 0.2) is 11.6 Å². The van der Waals surface area contributed by atoms with E-state index in [-0.39, 0.29) is 12.4 Å². The molecule has 0 saturated heterocycles. The van der Waals surface area contributed by atoms with Gasteiger partial charge in [0.2, 0.25) is 0 Å². The van der Waals surface area contributed by atoms with E-state index in [2.05, 4.69) is 12.2 Å². The molecular weight excluding hydrogens is 289 g/mol. The molecule has 1 aromatic rings. The Bertz CT molecular complexity index is 432. The van der Waals surface area contributed by atoms with Crippen molar-refractivity contribution in [3.05, 3.63) is 30.1 Å². The van der Waals surface area contributed by atoms with Crippen LogP contribution in [0.25, 0.3) is 0 Å². The van der Waals surface area contributed by atoms with Crippen molar-refractivity contribution < 1.29 is 14.2 Å². The van der Waals surface area contributed by atoms with Gasteiger partial charge in [-0.15, -0.1) is 0 Å². The fourth-order valence-corrected chi connectivity index (χ4v) is 3.76. The molecule has 0 aromatic heterocycles. The van der Waals surface area contributed by atoms with Gasteiger partial charge in [-0.25, -0.2) is 4.39 Å². The van der Waals surface area contributed by atoms with Gasteiger partial charge >= 0.3 is 0 Å². The molecule has 1 fully saturated rings. The molecule has 0 radical (unpaired) electrons. The van der Waals surface area contributed by atoms with E-state index >= 15 is 0 Å². The zero-order valence-electron chi connectivity index (χ0n) is 12.4. The molecule has 118 valence electrons. The Morgan fingerprint density at radius 1 is 1.43 bits per heavy atom. The highest BCUT2D eigenvalue weighted by atomic mass is 32.2. The van der Waals surface area contributed by atoms with Gasteiger partial charge in [0, 0.05) is 17.8 Å². The van der Waals surface area contributed by atoms with Crippen molar-refractivity contribution in [3.8, 4) is 5.75 Å². The average molecular weight is 313 g/mol. The minimum Gasteiger partial charge on any atom is -0.488 e. The predicted octanol–water partition coefficient (Wildman–Crippen LogP) is 2.83. The molecule has 1 aromatic carbocycles.